The fourth-order valence-electron chi connectivity index (χ4n) is 10.4. The van der Waals surface area contributed by atoms with Crippen molar-refractivity contribution in [1.82, 2.24) is 29.2 Å². The predicted molar refractivity (Wildman–Crippen MR) is 214 cm³/mol. The largest absolute Gasteiger partial charge is 0.333 e. The average Bonchev–Trinajstić information content (AvgIpc) is 3.67. The minimum Gasteiger partial charge on any atom is -0.333 e. The van der Waals surface area contributed by atoms with Gasteiger partial charge in [-0.1, -0.05) is 57.2 Å². The van der Waals surface area contributed by atoms with Gasteiger partial charge in [0.2, 0.25) is 23.6 Å². The van der Waals surface area contributed by atoms with Gasteiger partial charge < -0.3 is 20.4 Å². The van der Waals surface area contributed by atoms with Gasteiger partial charge >= 0.3 is 5.69 Å². The van der Waals surface area contributed by atoms with Crippen molar-refractivity contribution in [2.75, 3.05) is 32.7 Å². The second-order valence-electron chi connectivity index (χ2n) is 18.5. The van der Waals surface area contributed by atoms with Crippen LogP contribution in [0.3, 0.4) is 0 Å². The van der Waals surface area contributed by atoms with Crippen molar-refractivity contribution in [2.45, 2.75) is 102 Å². The number of hydrogen-bond donors (Lipinski definition) is 2. The van der Waals surface area contributed by atoms with Gasteiger partial charge in [0.1, 0.15) is 12.1 Å². The van der Waals surface area contributed by atoms with Crippen molar-refractivity contribution < 1.29 is 19.2 Å². The molecule has 4 saturated heterocycles. The van der Waals surface area contributed by atoms with Crippen molar-refractivity contribution in [3.05, 3.63) is 70.1 Å². The van der Waals surface area contributed by atoms with E-state index in [9.17, 15) is 24.4 Å². The van der Waals surface area contributed by atoms with Crippen LogP contribution in [0.5, 0.6) is 0 Å². The fraction of sp³-hybridized carbons (Fsp3) is 0.591. The van der Waals surface area contributed by atoms with Gasteiger partial charge in [-0.15, -0.1) is 0 Å². The van der Waals surface area contributed by atoms with Crippen LogP contribution in [-0.4, -0.2) is 97.8 Å². The minimum atomic E-state index is -0.739. The molecule has 0 radical (unpaired) electrons. The van der Waals surface area contributed by atoms with E-state index in [2.05, 4.69) is 34.5 Å². The Morgan fingerprint density at radius 2 is 1.70 bits per heavy atom. The Morgan fingerprint density at radius 1 is 0.982 bits per heavy atom. The zero-order valence-corrected chi connectivity index (χ0v) is 33.7. The number of hydrogen-bond acceptors (Lipinski definition) is 8. The first-order valence-electron chi connectivity index (χ1n) is 20.8. The van der Waals surface area contributed by atoms with Crippen LogP contribution in [0.2, 0.25) is 0 Å². The monoisotopic (exact) mass is 776 g/mol. The molecule has 13 nitrogen and oxygen atoms in total. The SMILES string of the molecule is Cn1c(=O)n(C2CCC(=O)NC2=O)c2ccc(CC3CCN(C[C@@H]4CCN(C(=O)[C@@H](N)C(C)(C)C)[C@@H]4C(=O)N4C[C@@H](c5ccccc5)[C@H](C#N)C45CC5)CC3)cc21. The van der Waals surface area contributed by atoms with E-state index in [4.69, 9.17) is 5.73 Å². The molecule has 302 valence electrons. The third kappa shape index (κ3) is 6.99. The van der Waals surface area contributed by atoms with Gasteiger partial charge in [-0.25, -0.2) is 4.79 Å². The molecule has 3 N–H and O–H groups in total. The predicted octanol–water partition coefficient (Wildman–Crippen LogP) is 3.46. The number of piperidine rings is 2. The van der Waals surface area contributed by atoms with Gasteiger partial charge in [0, 0.05) is 44.9 Å². The van der Waals surface area contributed by atoms with E-state index in [1.807, 2.05) is 56.0 Å². The summed E-state index contributed by atoms with van der Waals surface area (Å²) in [4.78, 5) is 73.0. The van der Waals surface area contributed by atoms with E-state index < -0.39 is 35.0 Å². The first-order chi connectivity index (χ1) is 27.2. The Kier molecular flexibility index (Phi) is 10.2. The number of benzene rings is 2. The normalized spacial score (nSPS) is 27.2. The number of nitrogens with zero attached hydrogens (tertiary/aromatic N) is 6. The van der Waals surface area contributed by atoms with Crippen LogP contribution in [0.1, 0.15) is 88.8 Å². The molecule has 6 atom stereocenters. The second kappa shape index (κ2) is 14.9. The first-order valence-corrected chi connectivity index (χ1v) is 20.8. The molecule has 1 saturated carbocycles. The quantitative estimate of drug-likeness (QED) is 0.329. The summed E-state index contributed by atoms with van der Waals surface area (Å²) in [5.74, 6) is -0.933. The maximum absolute atomic E-state index is 15.0. The lowest BCUT2D eigenvalue weighted by Gasteiger charge is -2.39. The Hall–Kier alpha value is -4.80. The highest BCUT2D eigenvalue weighted by atomic mass is 16.2. The molecular weight excluding hydrogens is 721 g/mol. The van der Waals surface area contributed by atoms with Crippen LogP contribution in [0, 0.1) is 34.5 Å². The highest BCUT2D eigenvalue weighted by molar-refractivity contribution is 6.00. The molecule has 1 spiro atoms. The average molecular weight is 777 g/mol. The maximum Gasteiger partial charge on any atom is 0.329 e. The van der Waals surface area contributed by atoms with E-state index in [0.717, 1.165) is 68.3 Å². The Bertz CT molecular complexity index is 2170. The summed E-state index contributed by atoms with van der Waals surface area (Å²) in [7, 11) is 1.72. The lowest BCUT2D eigenvalue weighted by molar-refractivity contribution is -0.148. The van der Waals surface area contributed by atoms with E-state index in [0.29, 0.717) is 37.5 Å². The fourth-order valence-corrected chi connectivity index (χ4v) is 10.4. The molecule has 57 heavy (non-hydrogen) atoms. The summed E-state index contributed by atoms with van der Waals surface area (Å²) in [6, 6.07) is 16.6. The van der Waals surface area contributed by atoms with E-state index in [-0.39, 0.29) is 47.6 Å². The van der Waals surface area contributed by atoms with Crippen molar-refractivity contribution in [3.8, 4) is 6.07 Å². The number of nitrogens with two attached hydrogens (primary N) is 1. The molecular formula is C44H56N8O5. The molecule has 1 unspecified atom stereocenters. The summed E-state index contributed by atoms with van der Waals surface area (Å²) in [6.07, 6.45) is 5.65. The number of aromatic nitrogens is 2. The molecule has 1 aromatic heterocycles. The summed E-state index contributed by atoms with van der Waals surface area (Å²) in [6.45, 7) is 9.32. The zero-order chi connectivity index (χ0) is 40.4. The number of nitriles is 1. The Labute approximate surface area is 334 Å². The van der Waals surface area contributed by atoms with Gasteiger partial charge in [0.25, 0.3) is 0 Å². The number of rotatable bonds is 8. The number of likely N-dealkylation sites (tertiary alicyclic amines) is 3. The summed E-state index contributed by atoms with van der Waals surface area (Å²) in [5.41, 5.74) is 9.03. The highest BCUT2D eigenvalue weighted by Gasteiger charge is 2.65. The van der Waals surface area contributed by atoms with Crippen molar-refractivity contribution in [1.29, 1.82) is 5.26 Å². The highest BCUT2D eigenvalue weighted by Crippen LogP contribution is 2.58. The van der Waals surface area contributed by atoms with Crippen molar-refractivity contribution >= 4 is 34.7 Å². The van der Waals surface area contributed by atoms with Gasteiger partial charge in [-0.3, -0.25) is 33.6 Å². The number of imide groups is 1. The summed E-state index contributed by atoms with van der Waals surface area (Å²) >= 11 is 0. The lowest BCUT2D eigenvalue weighted by Crippen LogP contribution is -2.58. The van der Waals surface area contributed by atoms with Crippen LogP contribution >= 0.6 is 0 Å². The first kappa shape index (κ1) is 39.0. The molecule has 13 heteroatoms. The molecule has 4 amide bonds. The second-order valence-corrected chi connectivity index (χ2v) is 18.5. The van der Waals surface area contributed by atoms with Crippen LogP contribution in [0.15, 0.2) is 53.3 Å². The van der Waals surface area contributed by atoms with Gasteiger partial charge in [0.05, 0.1) is 34.6 Å². The maximum atomic E-state index is 15.0. The van der Waals surface area contributed by atoms with Crippen LogP contribution in [0.25, 0.3) is 11.0 Å². The Morgan fingerprint density at radius 3 is 2.35 bits per heavy atom. The number of fused-ring (bicyclic) bond motifs is 1. The topological polar surface area (TPSA) is 167 Å². The summed E-state index contributed by atoms with van der Waals surface area (Å²) < 4.78 is 3.10. The third-order valence-electron chi connectivity index (χ3n) is 14.0. The number of aryl methyl sites for hydroxylation is 1. The molecule has 3 aromatic rings. The van der Waals surface area contributed by atoms with Gasteiger partial charge in [-0.2, -0.15) is 5.26 Å². The molecule has 5 fully saturated rings. The molecule has 5 aliphatic rings. The van der Waals surface area contributed by atoms with Crippen LogP contribution < -0.4 is 16.7 Å². The number of imidazole rings is 1. The molecule has 0 bridgehead atoms. The molecule has 2 aromatic carbocycles. The number of carbonyl (C=O) groups is 4. The van der Waals surface area contributed by atoms with Crippen molar-refractivity contribution in [3.63, 3.8) is 0 Å². The van der Waals surface area contributed by atoms with Gasteiger partial charge in [0.15, 0.2) is 0 Å². The summed E-state index contributed by atoms with van der Waals surface area (Å²) in [5, 5.41) is 12.8. The van der Waals surface area contributed by atoms with Crippen LogP contribution in [-0.2, 0) is 32.6 Å². The molecule has 5 heterocycles. The standard InChI is InChI=1S/C44H56N8O5/c1-43(2,3)38(46)41(56)50-21-16-30(37(50)40(55)51-26-31(29-8-6-5-7-9-29)32(24-45)44(51)17-18-44)25-49-19-14-27(15-20-49)22-28-10-11-33-35(23-28)48(4)42(57)52(33)34-12-13-36(53)47-39(34)54/h5-11,23,27,30-32,34,37-38H,12-22,25-26,46H2,1-4H3,(H,47,53,54)/t30-,31-,32-,34?,37-,38+/m0/s1. The molecule has 8 rings (SSSR count). The van der Waals surface area contributed by atoms with E-state index >= 15 is 4.79 Å². The van der Waals surface area contributed by atoms with Crippen molar-refractivity contribution in [2.24, 2.45) is 36.0 Å². The molecule has 1 aliphatic carbocycles. The minimum absolute atomic E-state index is 0.0331. The third-order valence-corrected chi connectivity index (χ3v) is 14.0. The number of carbonyl (C=O) groups excluding carboxylic acids is 4. The smallest absolute Gasteiger partial charge is 0.329 e. The lowest BCUT2D eigenvalue weighted by atomic mass is 9.85. The van der Waals surface area contributed by atoms with Gasteiger partial charge in [-0.05, 0) is 92.6 Å². The van der Waals surface area contributed by atoms with E-state index in [1.54, 1.807) is 16.5 Å². The molecule has 4 aliphatic heterocycles. The number of nitrogens with one attached hydrogen (secondary N) is 1. The number of amides is 4. The zero-order valence-electron chi connectivity index (χ0n) is 33.7. The Balaban J connectivity index is 0.964. The van der Waals surface area contributed by atoms with E-state index in [1.165, 1.54) is 4.57 Å². The van der Waals surface area contributed by atoms with Crippen LogP contribution in [0.4, 0.5) is 0 Å².